The number of benzene rings is 1. The number of aromatic nitrogens is 5. The highest BCUT2D eigenvalue weighted by Gasteiger charge is 2.17. The summed E-state index contributed by atoms with van der Waals surface area (Å²) < 4.78 is 1.88. The second kappa shape index (κ2) is 9.96. The second-order valence-electron chi connectivity index (χ2n) is 6.22. The molecule has 0 bridgehead atoms. The third-order valence-electron chi connectivity index (χ3n) is 4.10. The van der Waals surface area contributed by atoms with Crippen molar-refractivity contribution < 1.29 is 4.79 Å². The van der Waals surface area contributed by atoms with Crippen LogP contribution in [0.15, 0.2) is 83.6 Å². The molecule has 1 N–H and O–H groups in total. The standard InChI is InChI=1S/C21H16ClN7OS/c22-17-1-3-18(4-2-17)29-20(16-7-11-24-12-8-16)27-28-21(29)31-14-19(30)26-25-13-15-5-9-23-10-6-15/h1-13H,14H2,(H,26,30)/b25-13-. The Morgan fingerprint density at radius 2 is 1.68 bits per heavy atom. The van der Waals surface area contributed by atoms with Crippen molar-refractivity contribution in [1.82, 2.24) is 30.2 Å². The van der Waals surface area contributed by atoms with Gasteiger partial charge in [-0.1, -0.05) is 23.4 Å². The molecule has 0 atom stereocenters. The van der Waals surface area contributed by atoms with Crippen LogP contribution in [-0.4, -0.2) is 42.6 Å². The average molecular weight is 450 g/mol. The summed E-state index contributed by atoms with van der Waals surface area (Å²) in [7, 11) is 0. The second-order valence-corrected chi connectivity index (χ2v) is 7.60. The van der Waals surface area contributed by atoms with Crippen LogP contribution in [0.4, 0.5) is 0 Å². The van der Waals surface area contributed by atoms with Gasteiger partial charge in [0, 0.05) is 41.1 Å². The molecule has 0 aliphatic carbocycles. The molecule has 3 heterocycles. The lowest BCUT2D eigenvalue weighted by Gasteiger charge is -2.10. The summed E-state index contributed by atoms with van der Waals surface area (Å²) in [4.78, 5) is 20.2. The molecule has 0 fully saturated rings. The molecular weight excluding hydrogens is 434 g/mol. The average Bonchev–Trinajstić information content (AvgIpc) is 3.23. The predicted molar refractivity (Wildman–Crippen MR) is 120 cm³/mol. The van der Waals surface area contributed by atoms with E-state index in [2.05, 4.69) is 30.7 Å². The monoisotopic (exact) mass is 449 g/mol. The lowest BCUT2D eigenvalue weighted by molar-refractivity contribution is -0.118. The van der Waals surface area contributed by atoms with Crippen LogP contribution in [0.1, 0.15) is 5.56 Å². The van der Waals surface area contributed by atoms with Gasteiger partial charge in [0.25, 0.3) is 5.91 Å². The summed E-state index contributed by atoms with van der Waals surface area (Å²) in [6.45, 7) is 0. The molecule has 3 aromatic heterocycles. The van der Waals surface area contributed by atoms with E-state index in [1.165, 1.54) is 11.8 Å². The Bertz CT molecular complexity index is 1180. The Hall–Kier alpha value is -3.56. The van der Waals surface area contributed by atoms with E-state index in [1.54, 1.807) is 55.3 Å². The molecule has 8 nitrogen and oxygen atoms in total. The number of pyridine rings is 2. The van der Waals surface area contributed by atoms with Gasteiger partial charge in [-0.15, -0.1) is 10.2 Å². The van der Waals surface area contributed by atoms with Gasteiger partial charge in [-0.3, -0.25) is 19.3 Å². The molecule has 10 heteroatoms. The molecule has 0 spiro atoms. The van der Waals surface area contributed by atoms with Crippen LogP contribution in [0.25, 0.3) is 17.1 Å². The Labute approximate surface area is 187 Å². The SMILES string of the molecule is O=C(CSc1nnc(-c2ccncc2)n1-c1ccc(Cl)cc1)N/N=C\c1ccncc1. The first-order valence-electron chi connectivity index (χ1n) is 9.17. The van der Waals surface area contributed by atoms with Crippen molar-refractivity contribution in [3.63, 3.8) is 0 Å². The Kier molecular flexibility index (Phi) is 6.65. The zero-order valence-electron chi connectivity index (χ0n) is 16.1. The molecule has 0 aliphatic rings. The van der Waals surface area contributed by atoms with Gasteiger partial charge in [0.2, 0.25) is 0 Å². The molecule has 4 aromatic rings. The first-order valence-corrected chi connectivity index (χ1v) is 10.5. The number of hydrogen-bond acceptors (Lipinski definition) is 7. The molecular formula is C21H16ClN7OS. The molecule has 31 heavy (non-hydrogen) atoms. The van der Waals surface area contributed by atoms with Crippen molar-refractivity contribution in [2.75, 3.05) is 5.75 Å². The summed E-state index contributed by atoms with van der Waals surface area (Å²) in [6.07, 6.45) is 8.25. The van der Waals surface area contributed by atoms with Crippen molar-refractivity contribution in [2.24, 2.45) is 5.10 Å². The number of thioether (sulfide) groups is 1. The largest absolute Gasteiger partial charge is 0.272 e. The normalized spacial score (nSPS) is 11.0. The highest BCUT2D eigenvalue weighted by atomic mass is 35.5. The van der Waals surface area contributed by atoms with Crippen LogP contribution in [0, 0.1) is 0 Å². The molecule has 4 rings (SSSR count). The summed E-state index contributed by atoms with van der Waals surface area (Å²) >= 11 is 7.30. The van der Waals surface area contributed by atoms with E-state index in [0.29, 0.717) is 16.0 Å². The predicted octanol–water partition coefficient (Wildman–Crippen LogP) is 3.62. The number of carbonyl (C=O) groups is 1. The van der Waals surface area contributed by atoms with Crippen LogP contribution >= 0.6 is 23.4 Å². The maximum Gasteiger partial charge on any atom is 0.250 e. The minimum Gasteiger partial charge on any atom is -0.272 e. The Balaban J connectivity index is 1.51. The zero-order chi connectivity index (χ0) is 21.5. The first-order chi connectivity index (χ1) is 15.2. The lowest BCUT2D eigenvalue weighted by atomic mass is 10.2. The summed E-state index contributed by atoms with van der Waals surface area (Å²) in [5, 5.41) is 13.8. The molecule has 1 amide bonds. The minimum absolute atomic E-state index is 0.121. The lowest BCUT2D eigenvalue weighted by Crippen LogP contribution is -2.20. The Morgan fingerprint density at radius 1 is 1.00 bits per heavy atom. The highest BCUT2D eigenvalue weighted by Crippen LogP contribution is 2.28. The molecule has 0 unspecified atom stereocenters. The fourth-order valence-corrected chi connectivity index (χ4v) is 3.54. The molecule has 0 aliphatic heterocycles. The summed E-state index contributed by atoms with van der Waals surface area (Å²) in [6, 6.07) is 14.6. The van der Waals surface area contributed by atoms with E-state index in [1.807, 2.05) is 28.8 Å². The third-order valence-corrected chi connectivity index (χ3v) is 5.28. The maximum atomic E-state index is 12.2. The van der Waals surface area contributed by atoms with Crippen molar-refractivity contribution in [3.05, 3.63) is 83.9 Å². The van der Waals surface area contributed by atoms with Crippen molar-refractivity contribution in [3.8, 4) is 17.1 Å². The van der Waals surface area contributed by atoms with E-state index in [0.717, 1.165) is 16.8 Å². The molecule has 1 aromatic carbocycles. The van der Waals surface area contributed by atoms with E-state index < -0.39 is 0 Å². The van der Waals surface area contributed by atoms with E-state index >= 15 is 0 Å². The van der Waals surface area contributed by atoms with Gasteiger partial charge >= 0.3 is 0 Å². The zero-order valence-corrected chi connectivity index (χ0v) is 17.7. The fourth-order valence-electron chi connectivity index (χ4n) is 2.66. The first kappa shape index (κ1) is 20.7. The van der Waals surface area contributed by atoms with Gasteiger partial charge < -0.3 is 0 Å². The van der Waals surface area contributed by atoms with Gasteiger partial charge in [0.15, 0.2) is 11.0 Å². The number of carbonyl (C=O) groups excluding carboxylic acids is 1. The third kappa shape index (κ3) is 5.33. The van der Waals surface area contributed by atoms with E-state index in [4.69, 9.17) is 11.6 Å². The molecule has 0 saturated heterocycles. The summed E-state index contributed by atoms with van der Waals surface area (Å²) in [5.41, 5.74) is 5.04. The topological polar surface area (TPSA) is 98.0 Å². The van der Waals surface area contributed by atoms with E-state index in [-0.39, 0.29) is 11.7 Å². The van der Waals surface area contributed by atoms with E-state index in [9.17, 15) is 4.79 Å². The quantitative estimate of drug-likeness (QED) is 0.263. The van der Waals surface area contributed by atoms with Crippen LogP contribution in [0.3, 0.4) is 0 Å². The number of nitrogens with one attached hydrogen (secondary N) is 1. The number of nitrogens with zero attached hydrogens (tertiary/aromatic N) is 6. The van der Waals surface area contributed by atoms with Crippen LogP contribution < -0.4 is 5.43 Å². The van der Waals surface area contributed by atoms with Crippen molar-refractivity contribution in [2.45, 2.75) is 5.16 Å². The van der Waals surface area contributed by atoms with Crippen LogP contribution in [-0.2, 0) is 4.79 Å². The van der Waals surface area contributed by atoms with Gasteiger partial charge in [-0.05, 0) is 54.1 Å². The van der Waals surface area contributed by atoms with Gasteiger partial charge in [-0.25, -0.2) is 5.43 Å². The van der Waals surface area contributed by atoms with Crippen LogP contribution in [0.2, 0.25) is 5.02 Å². The van der Waals surface area contributed by atoms with Crippen LogP contribution in [0.5, 0.6) is 0 Å². The Morgan fingerprint density at radius 3 is 2.39 bits per heavy atom. The van der Waals surface area contributed by atoms with Crippen molar-refractivity contribution >= 4 is 35.5 Å². The minimum atomic E-state index is -0.258. The molecule has 0 radical (unpaired) electrons. The van der Waals surface area contributed by atoms with Gasteiger partial charge in [-0.2, -0.15) is 5.10 Å². The molecule has 0 saturated carbocycles. The molecule has 154 valence electrons. The number of hydrazone groups is 1. The number of amides is 1. The maximum absolute atomic E-state index is 12.2. The highest BCUT2D eigenvalue weighted by molar-refractivity contribution is 7.99. The number of hydrogen-bond donors (Lipinski definition) is 1. The number of halogens is 1. The summed E-state index contributed by atoms with van der Waals surface area (Å²) in [5.74, 6) is 0.505. The van der Waals surface area contributed by atoms with Crippen molar-refractivity contribution in [1.29, 1.82) is 0 Å². The van der Waals surface area contributed by atoms with Gasteiger partial charge in [0.1, 0.15) is 0 Å². The fraction of sp³-hybridized carbons (Fsp3) is 0.0476. The smallest absolute Gasteiger partial charge is 0.250 e. The number of rotatable bonds is 7. The van der Waals surface area contributed by atoms with Gasteiger partial charge in [0.05, 0.1) is 12.0 Å².